The Morgan fingerprint density at radius 3 is 2.90 bits per heavy atom. The van der Waals surface area contributed by atoms with E-state index in [-0.39, 0.29) is 17.8 Å². The predicted molar refractivity (Wildman–Crippen MR) is 105 cm³/mol. The molecule has 2 fully saturated rings. The van der Waals surface area contributed by atoms with Crippen LogP contribution >= 0.6 is 19.3 Å². The minimum atomic E-state index is -4.15. The minimum Gasteiger partial charge on any atom is -0.390 e. The Bertz CT molecular complexity index is 1160. The summed E-state index contributed by atoms with van der Waals surface area (Å²) in [5.41, 5.74) is 0.0610. The Morgan fingerprint density at radius 2 is 2.20 bits per heavy atom. The fourth-order valence-corrected chi connectivity index (χ4v) is 5.61. The van der Waals surface area contributed by atoms with Crippen LogP contribution in [0.5, 0.6) is 0 Å². The Morgan fingerprint density at radius 1 is 1.40 bits per heavy atom. The van der Waals surface area contributed by atoms with Gasteiger partial charge in [-0.05, 0) is 23.9 Å². The number of aromatic nitrogens is 6. The Kier molecular flexibility index (Phi) is 4.44. The number of anilines is 1. The van der Waals surface area contributed by atoms with Crippen molar-refractivity contribution in [3.63, 3.8) is 0 Å². The highest BCUT2D eigenvalue weighted by Gasteiger charge is 2.72. The zero-order valence-corrected chi connectivity index (χ0v) is 17.3. The molecule has 0 aromatic carbocycles. The third-order valence-electron chi connectivity index (χ3n) is 6.09. The molecule has 14 heteroatoms. The van der Waals surface area contributed by atoms with Crippen molar-refractivity contribution in [3.05, 3.63) is 30.3 Å². The van der Waals surface area contributed by atoms with Crippen molar-refractivity contribution >= 4 is 36.3 Å². The van der Waals surface area contributed by atoms with Crippen LogP contribution in [0.1, 0.15) is 12.5 Å². The highest BCUT2D eigenvalue weighted by atomic mass is 35.5. The second-order valence-electron chi connectivity index (χ2n) is 7.59. The Balaban J connectivity index is 1.44. The second kappa shape index (κ2) is 6.71. The van der Waals surface area contributed by atoms with Crippen molar-refractivity contribution in [1.29, 1.82) is 0 Å². The van der Waals surface area contributed by atoms with Crippen LogP contribution in [-0.2, 0) is 9.09 Å². The third-order valence-corrected chi connectivity index (χ3v) is 7.54. The first-order valence-electron chi connectivity index (χ1n) is 9.18. The summed E-state index contributed by atoms with van der Waals surface area (Å²) in [6, 6.07) is -0.546. The fraction of sp³-hybridized carbons (Fsp3) is 0.500. The van der Waals surface area contributed by atoms with Gasteiger partial charge in [0, 0.05) is 24.9 Å². The lowest BCUT2D eigenvalue weighted by Crippen LogP contribution is -2.36. The molecule has 3 aromatic heterocycles. The van der Waals surface area contributed by atoms with Crippen molar-refractivity contribution in [3.8, 4) is 0 Å². The van der Waals surface area contributed by atoms with Crippen LogP contribution in [0.4, 0.5) is 5.82 Å². The summed E-state index contributed by atoms with van der Waals surface area (Å²) in [5, 5.41) is 24.5. The fourth-order valence-electron chi connectivity index (χ4n) is 4.48. The van der Waals surface area contributed by atoms with Gasteiger partial charge in [0.1, 0.15) is 12.4 Å². The summed E-state index contributed by atoms with van der Waals surface area (Å²) in [6.45, 7) is -0.192. The molecular weight excluding hydrogens is 437 g/mol. The van der Waals surface area contributed by atoms with Gasteiger partial charge in [0.15, 0.2) is 17.0 Å². The molecule has 0 spiro atoms. The summed E-state index contributed by atoms with van der Waals surface area (Å²) >= 11 is 6.02. The first kappa shape index (κ1) is 19.9. The number of hydrogen-bond donors (Lipinski definition) is 4. The van der Waals surface area contributed by atoms with Crippen molar-refractivity contribution in [2.75, 3.05) is 19.0 Å². The molecule has 0 amide bonds. The van der Waals surface area contributed by atoms with Gasteiger partial charge in [0.2, 0.25) is 5.28 Å². The lowest BCUT2D eigenvalue weighted by Gasteiger charge is -2.24. The number of aliphatic hydroxyl groups excluding tert-OH is 2. The normalized spacial score (nSPS) is 32.2. The van der Waals surface area contributed by atoms with Gasteiger partial charge in [-0.3, -0.25) is 4.52 Å². The number of fused-ring (bicyclic) bond motifs is 2. The van der Waals surface area contributed by atoms with Crippen molar-refractivity contribution < 1.29 is 24.2 Å². The van der Waals surface area contributed by atoms with E-state index in [9.17, 15) is 19.7 Å². The average Bonchev–Trinajstić information content (AvgIpc) is 3.07. The van der Waals surface area contributed by atoms with Crippen molar-refractivity contribution in [2.45, 2.75) is 24.7 Å². The quantitative estimate of drug-likeness (QED) is 0.307. The number of nitrogens with zero attached hydrogens (tertiary/aromatic N) is 6. The lowest BCUT2D eigenvalue weighted by atomic mass is 10.0. The molecule has 0 aliphatic heterocycles. The molecule has 3 aromatic rings. The minimum absolute atomic E-state index is 0.0218. The van der Waals surface area contributed by atoms with E-state index in [1.807, 2.05) is 0 Å². The van der Waals surface area contributed by atoms with Gasteiger partial charge in [-0.1, -0.05) is 0 Å². The van der Waals surface area contributed by atoms with Crippen LogP contribution in [0.2, 0.25) is 5.28 Å². The maximum absolute atomic E-state index is 12.4. The third kappa shape index (κ3) is 2.79. The second-order valence-corrected chi connectivity index (χ2v) is 9.63. The van der Waals surface area contributed by atoms with E-state index in [4.69, 9.17) is 16.1 Å². The van der Waals surface area contributed by atoms with Crippen molar-refractivity contribution in [1.82, 2.24) is 28.8 Å². The highest BCUT2D eigenvalue weighted by Crippen LogP contribution is 2.69. The standard InChI is InChI=1S/C16H19ClN7O5P/c1-18-13-9-14(22-15(17)21-13)24(7-20-9)10-8-4-16(8,12(26)11(10)25)5-29-30(27,28)23-3-2-19-6-23/h2-3,6-8,10-12,25-26H,4-5H2,1H3,(H,27,28)(H,18,21,22)/t8-,10-,11+,12+,16+/m1/s1. The largest absolute Gasteiger partial charge is 0.437 e. The predicted octanol–water partition coefficient (Wildman–Crippen LogP) is 0.666. The molecule has 3 heterocycles. The van der Waals surface area contributed by atoms with Gasteiger partial charge in [0.25, 0.3) is 0 Å². The van der Waals surface area contributed by atoms with Gasteiger partial charge >= 0.3 is 7.75 Å². The molecule has 2 aliphatic carbocycles. The maximum Gasteiger partial charge on any atom is 0.437 e. The van der Waals surface area contributed by atoms with Crippen LogP contribution < -0.4 is 5.32 Å². The van der Waals surface area contributed by atoms with E-state index < -0.39 is 31.4 Å². The molecule has 0 bridgehead atoms. The van der Waals surface area contributed by atoms with Crippen LogP contribution in [-0.4, -0.2) is 69.8 Å². The molecule has 12 nitrogen and oxygen atoms in total. The summed E-state index contributed by atoms with van der Waals surface area (Å²) in [4.78, 5) is 26.6. The number of hydrogen-bond acceptors (Lipinski definition) is 9. The van der Waals surface area contributed by atoms with Crippen LogP contribution in [0.3, 0.4) is 0 Å². The zero-order chi connectivity index (χ0) is 21.3. The number of nitrogens with one attached hydrogen (secondary N) is 1. The van der Waals surface area contributed by atoms with Gasteiger partial charge in [-0.2, -0.15) is 9.97 Å². The number of imidazole rings is 2. The van der Waals surface area contributed by atoms with Gasteiger partial charge in [-0.25, -0.2) is 18.9 Å². The summed E-state index contributed by atoms with van der Waals surface area (Å²) < 4.78 is 20.4. The Hall–Kier alpha value is -2.08. The monoisotopic (exact) mass is 455 g/mol. The average molecular weight is 456 g/mol. The lowest BCUT2D eigenvalue weighted by molar-refractivity contribution is -0.0284. The molecule has 0 saturated heterocycles. The van der Waals surface area contributed by atoms with Crippen LogP contribution in [0.15, 0.2) is 25.0 Å². The first-order valence-corrected chi connectivity index (χ1v) is 11.1. The van der Waals surface area contributed by atoms with Crippen LogP contribution in [0, 0.1) is 11.3 Å². The highest BCUT2D eigenvalue weighted by molar-refractivity contribution is 7.51. The molecule has 5 rings (SSSR count). The van der Waals surface area contributed by atoms with E-state index >= 15 is 0 Å². The molecular formula is C16H19ClN7O5P. The van der Waals surface area contributed by atoms with Crippen LogP contribution in [0.25, 0.3) is 11.2 Å². The number of rotatable bonds is 6. The maximum atomic E-state index is 12.4. The topological polar surface area (TPSA) is 160 Å². The number of aliphatic hydroxyl groups is 2. The van der Waals surface area contributed by atoms with E-state index in [1.54, 1.807) is 11.6 Å². The molecule has 1 unspecified atom stereocenters. The van der Waals surface area contributed by atoms with E-state index in [1.165, 1.54) is 25.0 Å². The molecule has 30 heavy (non-hydrogen) atoms. The first-order chi connectivity index (χ1) is 14.3. The molecule has 2 saturated carbocycles. The number of halogens is 1. The summed E-state index contributed by atoms with van der Waals surface area (Å²) in [6.07, 6.45) is 3.63. The van der Waals surface area contributed by atoms with Gasteiger partial charge in [0.05, 0.1) is 25.1 Å². The SMILES string of the molecule is CNc1nc(Cl)nc2c1ncn2[C@H]1[C@H](O)[C@H](O)[C@]2(COP(=O)(O)n3ccnc3)C[C@H]12. The summed E-state index contributed by atoms with van der Waals surface area (Å²) in [5.74, 6) is 0.248. The van der Waals surface area contributed by atoms with Gasteiger partial charge in [-0.15, -0.1) is 0 Å². The smallest absolute Gasteiger partial charge is 0.390 e. The molecule has 0 radical (unpaired) electrons. The van der Waals surface area contributed by atoms with E-state index in [0.717, 1.165) is 4.34 Å². The Labute approximate surface area is 175 Å². The van der Waals surface area contributed by atoms with E-state index in [0.29, 0.717) is 23.4 Å². The van der Waals surface area contributed by atoms with Crippen molar-refractivity contribution in [2.24, 2.45) is 11.3 Å². The molecule has 2 aliphatic rings. The molecule has 160 valence electrons. The van der Waals surface area contributed by atoms with E-state index in [2.05, 4.69) is 25.3 Å². The molecule has 4 N–H and O–H groups in total. The summed E-state index contributed by atoms with van der Waals surface area (Å²) in [7, 11) is -2.47. The van der Waals surface area contributed by atoms with Gasteiger partial charge < -0.3 is 25.0 Å². The zero-order valence-electron chi connectivity index (χ0n) is 15.7. The molecule has 6 atom stereocenters.